The van der Waals surface area contributed by atoms with Crippen molar-refractivity contribution in [1.29, 1.82) is 0 Å². The van der Waals surface area contributed by atoms with Crippen molar-refractivity contribution >= 4 is 11.8 Å². The summed E-state index contributed by atoms with van der Waals surface area (Å²) in [7, 11) is 0. The molecule has 1 aliphatic heterocycles. The van der Waals surface area contributed by atoms with E-state index in [-0.39, 0.29) is 17.7 Å². The minimum atomic E-state index is -0.406. The summed E-state index contributed by atoms with van der Waals surface area (Å²) in [6.45, 7) is 9.75. The van der Waals surface area contributed by atoms with Gasteiger partial charge in [0.15, 0.2) is 0 Å². The van der Waals surface area contributed by atoms with Crippen LogP contribution in [0.25, 0.3) is 0 Å². The summed E-state index contributed by atoms with van der Waals surface area (Å²) in [6.07, 6.45) is 2.37. The zero-order valence-corrected chi connectivity index (χ0v) is 14.1. The average Bonchev–Trinajstić information content (AvgIpc) is 2.49. The molecule has 128 valence electrons. The zero-order chi connectivity index (χ0) is 16.5. The summed E-state index contributed by atoms with van der Waals surface area (Å²) in [5.41, 5.74) is 5.37. The number of rotatable bonds is 9. The molecule has 1 saturated heterocycles. The van der Waals surface area contributed by atoms with Crippen LogP contribution in [-0.2, 0) is 14.3 Å². The number of primary amides is 1. The Bertz CT molecular complexity index is 361. The molecule has 0 saturated carbocycles. The van der Waals surface area contributed by atoms with E-state index in [9.17, 15) is 9.59 Å². The third-order valence-corrected chi connectivity index (χ3v) is 3.91. The highest BCUT2D eigenvalue weighted by Gasteiger charge is 2.23. The number of nitrogens with two attached hydrogens (primary N) is 1. The van der Waals surface area contributed by atoms with E-state index < -0.39 is 6.10 Å². The van der Waals surface area contributed by atoms with Crippen LogP contribution in [0.3, 0.4) is 0 Å². The molecule has 2 atom stereocenters. The van der Waals surface area contributed by atoms with Gasteiger partial charge in [-0.25, -0.2) is 0 Å². The highest BCUT2D eigenvalue weighted by Crippen LogP contribution is 2.15. The molecule has 22 heavy (non-hydrogen) atoms. The Hall–Kier alpha value is -1.14. The number of amides is 2. The second kappa shape index (κ2) is 9.79. The van der Waals surface area contributed by atoms with Gasteiger partial charge in [-0.2, -0.15) is 0 Å². The molecule has 1 aliphatic rings. The molecule has 0 spiro atoms. The van der Waals surface area contributed by atoms with Crippen molar-refractivity contribution in [2.75, 3.05) is 32.8 Å². The summed E-state index contributed by atoms with van der Waals surface area (Å²) < 4.78 is 5.48. The van der Waals surface area contributed by atoms with Crippen molar-refractivity contribution in [3.05, 3.63) is 0 Å². The number of nitrogens with one attached hydrogen (secondary N) is 1. The Balaban J connectivity index is 2.14. The lowest BCUT2D eigenvalue weighted by Gasteiger charge is -2.31. The summed E-state index contributed by atoms with van der Waals surface area (Å²) >= 11 is 0. The third-order valence-electron chi connectivity index (χ3n) is 3.91. The molecule has 2 amide bonds. The van der Waals surface area contributed by atoms with E-state index in [4.69, 9.17) is 10.5 Å². The van der Waals surface area contributed by atoms with Gasteiger partial charge in [0, 0.05) is 19.7 Å². The minimum Gasteiger partial charge on any atom is -0.369 e. The second-order valence-corrected chi connectivity index (χ2v) is 6.56. The quantitative estimate of drug-likeness (QED) is 0.615. The maximum absolute atomic E-state index is 11.8. The van der Waals surface area contributed by atoms with E-state index in [1.54, 1.807) is 6.92 Å². The van der Waals surface area contributed by atoms with Gasteiger partial charge in [-0.05, 0) is 45.2 Å². The average molecular weight is 313 g/mol. The van der Waals surface area contributed by atoms with Crippen molar-refractivity contribution in [2.45, 2.75) is 46.1 Å². The van der Waals surface area contributed by atoms with Crippen LogP contribution in [-0.4, -0.2) is 55.6 Å². The third kappa shape index (κ3) is 7.22. The lowest BCUT2D eigenvalue weighted by molar-refractivity contribution is -0.132. The van der Waals surface area contributed by atoms with E-state index in [2.05, 4.69) is 24.1 Å². The van der Waals surface area contributed by atoms with Crippen LogP contribution < -0.4 is 11.1 Å². The predicted octanol–water partition coefficient (Wildman–Crippen LogP) is 0.751. The topological polar surface area (TPSA) is 84.7 Å². The van der Waals surface area contributed by atoms with Gasteiger partial charge in [0.25, 0.3) is 0 Å². The number of nitrogens with zero attached hydrogens (tertiary/aromatic N) is 1. The van der Waals surface area contributed by atoms with Crippen LogP contribution in [0, 0.1) is 11.8 Å². The molecule has 0 aromatic carbocycles. The molecule has 1 rings (SSSR count). The number of carbonyl (C=O) groups excluding carboxylic acids is 2. The van der Waals surface area contributed by atoms with E-state index >= 15 is 0 Å². The van der Waals surface area contributed by atoms with Gasteiger partial charge in [-0.1, -0.05) is 13.8 Å². The second-order valence-electron chi connectivity index (χ2n) is 6.56. The van der Waals surface area contributed by atoms with Crippen molar-refractivity contribution in [3.63, 3.8) is 0 Å². The Kier molecular flexibility index (Phi) is 8.42. The van der Waals surface area contributed by atoms with Crippen molar-refractivity contribution < 1.29 is 14.3 Å². The van der Waals surface area contributed by atoms with E-state index in [0.29, 0.717) is 19.1 Å². The molecule has 6 heteroatoms. The number of carbonyl (C=O) groups is 2. The first-order chi connectivity index (χ1) is 10.4. The highest BCUT2D eigenvalue weighted by atomic mass is 16.5. The monoisotopic (exact) mass is 313 g/mol. The molecule has 0 aromatic heterocycles. The standard InChI is InChI=1S/C16H31N3O3/c1-12(2)11-22-13(3)16(21)18-7-5-9-19-8-4-6-14(10-19)15(17)20/h12-14H,4-11H2,1-3H3,(H2,17,20)(H,18,21)/t13-,14+/m0/s1. The fourth-order valence-corrected chi connectivity index (χ4v) is 2.56. The fraction of sp³-hybridized carbons (Fsp3) is 0.875. The molecular formula is C16H31N3O3. The fourth-order valence-electron chi connectivity index (χ4n) is 2.56. The van der Waals surface area contributed by atoms with Crippen LogP contribution >= 0.6 is 0 Å². The summed E-state index contributed by atoms with van der Waals surface area (Å²) in [5, 5.41) is 2.90. The number of hydrogen-bond donors (Lipinski definition) is 2. The van der Waals surface area contributed by atoms with Crippen LogP contribution in [0.15, 0.2) is 0 Å². The molecule has 1 fully saturated rings. The number of hydrogen-bond acceptors (Lipinski definition) is 4. The van der Waals surface area contributed by atoms with Gasteiger partial charge in [0.2, 0.25) is 11.8 Å². The minimum absolute atomic E-state index is 0.0206. The van der Waals surface area contributed by atoms with Crippen LogP contribution in [0.4, 0.5) is 0 Å². The summed E-state index contributed by atoms with van der Waals surface area (Å²) in [4.78, 5) is 25.3. The predicted molar refractivity (Wildman–Crippen MR) is 86.2 cm³/mol. The van der Waals surface area contributed by atoms with E-state index in [0.717, 1.165) is 38.9 Å². The molecule has 0 aliphatic carbocycles. The zero-order valence-electron chi connectivity index (χ0n) is 14.1. The number of likely N-dealkylation sites (tertiary alicyclic amines) is 1. The summed E-state index contributed by atoms with van der Waals surface area (Å²) in [6, 6.07) is 0. The van der Waals surface area contributed by atoms with Gasteiger partial charge in [0.05, 0.1) is 5.92 Å². The number of ether oxygens (including phenoxy) is 1. The van der Waals surface area contributed by atoms with Crippen molar-refractivity contribution in [1.82, 2.24) is 10.2 Å². The molecule has 6 nitrogen and oxygen atoms in total. The maximum Gasteiger partial charge on any atom is 0.248 e. The van der Waals surface area contributed by atoms with Gasteiger partial charge in [0.1, 0.15) is 6.10 Å². The van der Waals surface area contributed by atoms with Crippen molar-refractivity contribution in [3.8, 4) is 0 Å². The van der Waals surface area contributed by atoms with Crippen LogP contribution in [0.2, 0.25) is 0 Å². The van der Waals surface area contributed by atoms with E-state index in [1.165, 1.54) is 0 Å². The first-order valence-corrected chi connectivity index (χ1v) is 8.31. The molecule has 0 aromatic rings. The molecule has 3 N–H and O–H groups in total. The molecule has 0 radical (unpaired) electrons. The maximum atomic E-state index is 11.8. The smallest absolute Gasteiger partial charge is 0.248 e. The SMILES string of the molecule is CC(C)CO[C@@H](C)C(=O)NCCCN1CCC[C@@H](C(N)=O)C1. The van der Waals surface area contributed by atoms with Gasteiger partial charge in [-0.3, -0.25) is 9.59 Å². The normalized spacial score (nSPS) is 20.8. The Morgan fingerprint density at radius 2 is 2.09 bits per heavy atom. The van der Waals surface area contributed by atoms with Crippen molar-refractivity contribution in [2.24, 2.45) is 17.6 Å². The van der Waals surface area contributed by atoms with Gasteiger partial charge < -0.3 is 20.7 Å². The van der Waals surface area contributed by atoms with E-state index in [1.807, 2.05) is 0 Å². The van der Waals surface area contributed by atoms with Crippen LogP contribution in [0.5, 0.6) is 0 Å². The first-order valence-electron chi connectivity index (χ1n) is 8.31. The Labute approximate surface area is 133 Å². The Morgan fingerprint density at radius 1 is 1.36 bits per heavy atom. The lowest BCUT2D eigenvalue weighted by atomic mass is 9.97. The molecule has 0 unspecified atom stereocenters. The van der Waals surface area contributed by atoms with Crippen LogP contribution in [0.1, 0.15) is 40.0 Å². The highest BCUT2D eigenvalue weighted by molar-refractivity contribution is 5.80. The molecular weight excluding hydrogens is 282 g/mol. The van der Waals surface area contributed by atoms with Gasteiger partial charge >= 0.3 is 0 Å². The lowest BCUT2D eigenvalue weighted by Crippen LogP contribution is -2.42. The number of piperidine rings is 1. The largest absolute Gasteiger partial charge is 0.369 e. The Morgan fingerprint density at radius 3 is 2.73 bits per heavy atom. The first kappa shape index (κ1) is 18.9. The molecule has 0 bridgehead atoms. The van der Waals surface area contributed by atoms with Gasteiger partial charge in [-0.15, -0.1) is 0 Å². The summed E-state index contributed by atoms with van der Waals surface area (Å²) in [5.74, 6) is 0.142. The molecule has 1 heterocycles.